The summed E-state index contributed by atoms with van der Waals surface area (Å²) in [7, 11) is 1.35. The van der Waals surface area contributed by atoms with Crippen molar-refractivity contribution in [2.45, 2.75) is 13.1 Å². The van der Waals surface area contributed by atoms with Crippen LogP contribution in [0.25, 0.3) is 0 Å². The molecule has 1 aromatic heterocycles. The van der Waals surface area contributed by atoms with Crippen LogP contribution in [0.2, 0.25) is 0 Å². The maximum Gasteiger partial charge on any atom is 0.311 e. The third-order valence-corrected chi connectivity index (χ3v) is 1.55. The second kappa shape index (κ2) is 3.87. The molecule has 0 spiro atoms. The predicted molar refractivity (Wildman–Crippen MR) is 42.1 cm³/mol. The van der Waals surface area contributed by atoms with E-state index in [0.29, 0.717) is 6.67 Å². The van der Waals surface area contributed by atoms with Crippen molar-refractivity contribution in [1.29, 1.82) is 0 Å². The number of nitrogens with zero attached hydrogens (tertiary/aromatic N) is 2. The minimum Gasteiger partial charge on any atom is -0.469 e. The third kappa shape index (κ3) is 1.82. The largest absolute Gasteiger partial charge is 0.469 e. The van der Waals surface area contributed by atoms with E-state index in [1.807, 2.05) is 0 Å². The molecule has 0 amide bonds. The van der Waals surface area contributed by atoms with Gasteiger partial charge in [-0.2, -0.15) is 0 Å². The molecule has 2 N–H and O–H groups in total. The van der Waals surface area contributed by atoms with Gasteiger partial charge in [-0.25, -0.2) is 4.98 Å². The van der Waals surface area contributed by atoms with Crippen LogP contribution in [0.15, 0.2) is 12.5 Å². The molecule has 1 aromatic rings. The fourth-order valence-corrected chi connectivity index (χ4v) is 0.880. The van der Waals surface area contributed by atoms with Crippen molar-refractivity contribution >= 4 is 5.97 Å². The molecule has 0 aromatic carbocycles. The molecule has 5 heteroatoms. The van der Waals surface area contributed by atoms with Gasteiger partial charge in [0.1, 0.15) is 0 Å². The van der Waals surface area contributed by atoms with Gasteiger partial charge in [0.25, 0.3) is 0 Å². The van der Waals surface area contributed by atoms with Crippen molar-refractivity contribution in [2.24, 2.45) is 5.73 Å². The zero-order chi connectivity index (χ0) is 8.97. The quantitative estimate of drug-likeness (QED) is 0.620. The lowest BCUT2D eigenvalue weighted by Gasteiger charge is -2.02. The standard InChI is InChI=1S/C7H11N3O2/c1-12-7(11)2-6-3-9-5-10(6)4-8/h3,5H,2,4,8H2,1H3. The number of carbonyl (C=O) groups is 1. The molecule has 66 valence electrons. The predicted octanol–water partition coefficient (Wildman–Crippen LogP) is -0.485. The number of esters is 1. The summed E-state index contributed by atoms with van der Waals surface area (Å²) in [6.07, 6.45) is 3.40. The first kappa shape index (κ1) is 8.73. The molecule has 5 nitrogen and oxygen atoms in total. The SMILES string of the molecule is COC(=O)Cc1cncn1CN. The number of hydrogen-bond acceptors (Lipinski definition) is 4. The fourth-order valence-electron chi connectivity index (χ4n) is 0.880. The monoisotopic (exact) mass is 169 g/mol. The Labute approximate surface area is 70.1 Å². The highest BCUT2D eigenvalue weighted by Gasteiger charge is 2.06. The van der Waals surface area contributed by atoms with E-state index in [4.69, 9.17) is 5.73 Å². The lowest BCUT2D eigenvalue weighted by Crippen LogP contribution is -2.13. The Balaban J connectivity index is 2.68. The van der Waals surface area contributed by atoms with Gasteiger partial charge in [-0.3, -0.25) is 4.79 Å². The summed E-state index contributed by atoms with van der Waals surface area (Å²) in [5, 5.41) is 0. The molecule has 1 rings (SSSR count). The van der Waals surface area contributed by atoms with Crippen LogP contribution in [-0.2, 0) is 22.6 Å². The van der Waals surface area contributed by atoms with Crippen LogP contribution in [0.5, 0.6) is 0 Å². The van der Waals surface area contributed by atoms with Crippen molar-refractivity contribution in [3.63, 3.8) is 0 Å². The van der Waals surface area contributed by atoms with Crippen LogP contribution < -0.4 is 5.73 Å². The van der Waals surface area contributed by atoms with E-state index >= 15 is 0 Å². The minimum atomic E-state index is -0.287. The van der Waals surface area contributed by atoms with E-state index < -0.39 is 0 Å². The highest BCUT2D eigenvalue weighted by Crippen LogP contribution is 1.99. The minimum absolute atomic E-state index is 0.216. The summed E-state index contributed by atoms with van der Waals surface area (Å²) in [5.74, 6) is -0.287. The van der Waals surface area contributed by atoms with Gasteiger partial charge >= 0.3 is 5.97 Å². The molecule has 1 heterocycles. The normalized spacial score (nSPS) is 9.83. The Morgan fingerprint density at radius 3 is 3.17 bits per heavy atom. The topological polar surface area (TPSA) is 70.1 Å². The molecule has 0 saturated carbocycles. The molecule has 0 atom stereocenters. The fraction of sp³-hybridized carbons (Fsp3) is 0.429. The maximum absolute atomic E-state index is 10.8. The van der Waals surface area contributed by atoms with E-state index in [9.17, 15) is 4.79 Å². The first-order valence-electron chi connectivity index (χ1n) is 3.53. The van der Waals surface area contributed by atoms with Crippen LogP contribution in [0.1, 0.15) is 5.69 Å². The average Bonchev–Trinajstić information content (AvgIpc) is 2.51. The molecule has 0 aliphatic rings. The molecule has 12 heavy (non-hydrogen) atoms. The van der Waals surface area contributed by atoms with Crippen molar-refractivity contribution < 1.29 is 9.53 Å². The summed E-state index contributed by atoms with van der Waals surface area (Å²) >= 11 is 0. The highest BCUT2D eigenvalue weighted by atomic mass is 16.5. The lowest BCUT2D eigenvalue weighted by molar-refractivity contribution is -0.139. The highest BCUT2D eigenvalue weighted by molar-refractivity contribution is 5.71. The molecule has 0 fully saturated rings. The summed E-state index contributed by atoms with van der Waals surface area (Å²) in [5.41, 5.74) is 6.15. The van der Waals surface area contributed by atoms with E-state index in [1.165, 1.54) is 7.11 Å². The summed E-state index contributed by atoms with van der Waals surface area (Å²) in [6, 6.07) is 0. The van der Waals surface area contributed by atoms with Gasteiger partial charge in [0.05, 0.1) is 26.5 Å². The number of imidazole rings is 1. The number of rotatable bonds is 3. The number of methoxy groups -OCH3 is 1. The van der Waals surface area contributed by atoms with Crippen molar-refractivity contribution in [3.8, 4) is 0 Å². The first-order chi connectivity index (χ1) is 5.77. The molecule has 0 aliphatic carbocycles. The maximum atomic E-state index is 10.8. The molecular formula is C7H11N3O2. The number of hydrogen-bond donors (Lipinski definition) is 1. The van der Waals surface area contributed by atoms with Crippen molar-refractivity contribution in [2.75, 3.05) is 7.11 Å². The average molecular weight is 169 g/mol. The zero-order valence-corrected chi connectivity index (χ0v) is 6.86. The van der Waals surface area contributed by atoms with Crippen LogP contribution in [0, 0.1) is 0 Å². The van der Waals surface area contributed by atoms with Crippen LogP contribution in [-0.4, -0.2) is 22.6 Å². The number of aromatic nitrogens is 2. The Morgan fingerprint density at radius 2 is 2.58 bits per heavy atom. The smallest absolute Gasteiger partial charge is 0.311 e. The Hall–Kier alpha value is -1.36. The van der Waals surface area contributed by atoms with Gasteiger partial charge in [-0.05, 0) is 0 Å². The zero-order valence-electron chi connectivity index (χ0n) is 6.86. The van der Waals surface area contributed by atoms with E-state index in [1.54, 1.807) is 17.1 Å². The number of carbonyl (C=O) groups excluding carboxylic acids is 1. The Bertz CT molecular complexity index is 269. The van der Waals surface area contributed by atoms with Gasteiger partial charge in [0.15, 0.2) is 0 Å². The summed E-state index contributed by atoms with van der Waals surface area (Å²) in [6.45, 7) is 0.326. The van der Waals surface area contributed by atoms with Gasteiger partial charge in [0, 0.05) is 11.9 Å². The van der Waals surface area contributed by atoms with Crippen LogP contribution in [0.3, 0.4) is 0 Å². The number of nitrogens with two attached hydrogens (primary N) is 1. The molecular weight excluding hydrogens is 158 g/mol. The molecule has 0 bridgehead atoms. The first-order valence-corrected chi connectivity index (χ1v) is 3.53. The molecule has 0 aliphatic heterocycles. The van der Waals surface area contributed by atoms with Crippen molar-refractivity contribution in [3.05, 3.63) is 18.2 Å². The lowest BCUT2D eigenvalue weighted by atomic mass is 10.3. The molecule has 0 radical (unpaired) electrons. The van der Waals surface area contributed by atoms with Crippen LogP contribution >= 0.6 is 0 Å². The Kier molecular flexibility index (Phi) is 2.82. The summed E-state index contributed by atoms with van der Waals surface area (Å²) in [4.78, 5) is 14.7. The van der Waals surface area contributed by atoms with E-state index in [-0.39, 0.29) is 12.4 Å². The summed E-state index contributed by atoms with van der Waals surface area (Å²) < 4.78 is 6.19. The van der Waals surface area contributed by atoms with Gasteiger partial charge in [-0.1, -0.05) is 0 Å². The second-order valence-corrected chi connectivity index (χ2v) is 2.29. The van der Waals surface area contributed by atoms with E-state index in [0.717, 1.165) is 5.69 Å². The second-order valence-electron chi connectivity index (χ2n) is 2.29. The molecule has 0 unspecified atom stereocenters. The van der Waals surface area contributed by atoms with Gasteiger partial charge < -0.3 is 15.0 Å². The van der Waals surface area contributed by atoms with Gasteiger partial charge in [0.2, 0.25) is 0 Å². The third-order valence-electron chi connectivity index (χ3n) is 1.55. The van der Waals surface area contributed by atoms with Gasteiger partial charge in [-0.15, -0.1) is 0 Å². The van der Waals surface area contributed by atoms with Crippen molar-refractivity contribution in [1.82, 2.24) is 9.55 Å². The Morgan fingerprint density at radius 1 is 1.83 bits per heavy atom. The van der Waals surface area contributed by atoms with Crippen LogP contribution in [0.4, 0.5) is 0 Å². The number of ether oxygens (including phenoxy) is 1. The molecule has 0 saturated heterocycles. The van der Waals surface area contributed by atoms with E-state index in [2.05, 4.69) is 9.72 Å².